The molecule has 1 amide bonds. The molecular weight excluding hydrogens is 425 g/mol. The van der Waals surface area contributed by atoms with Crippen molar-refractivity contribution in [1.29, 1.82) is 0 Å². The number of halogens is 1. The van der Waals surface area contributed by atoms with Gasteiger partial charge in [0.05, 0.1) is 49.6 Å². The van der Waals surface area contributed by atoms with Gasteiger partial charge >= 0.3 is 6.09 Å². The van der Waals surface area contributed by atoms with E-state index in [0.717, 1.165) is 0 Å². The maximum atomic E-state index is 15.9. The number of morpholine rings is 1. The molecule has 0 spiro atoms. The zero-order valence-electron chi connectivity index (χ0n) is 18.2. The largest absolute Gasteiger partial charge is 0.441 e. The van der Waals surface area contributed by atoms with E-state index in [-0.39, 0.29) is 36.8 Å². The normalized spacial score (nSPS) is 27.0. The van der Waals surface area contributed by atoms with Crippen molar-refractivity contribution in [3.63, 3.8) is 0 Å². The second-order valence-electron chi connectivity index (χ2n) is 8.32. The third-order valence-electron chi connectivity index (χ3n) is 5.78. The van der Waals surface area contributed by atoms with E-state index in [1.165, 1.54) is 12.0 Å². The quantitative estimate of drug-likeness (QED) is 0.680. The van der Waals surface area contributed by atoms with E-state index in [0.29, 0.717) is 42.9 Å². The molecule has 32 heavy (non-hydrogen) atoms. The molecule has 3 unspecified atom stereocenters. The highest BCUT2D eigenvalue weighted by Crippen LogP contribution is 2.42. The molecule has 0 radical (unpaired) electrons. The van der Waals surface area contributed by atoms with E-state index in [1.54, 1.807) is 6.07 Å². The minimum Gasteiger partial charge on any atom is -0.441 e. The molecule has 2 aromatic rings. The maximum absolute atomic E-state index is 15.9. The number of benzene rings is 1. The summed E-state index contributed by atoms with van der Waals surface area (Å²) < 4.78 is 49.0. The summed E-state index contributed by atoms with van der Waals surface area (Å²) in [5.41, 5.74) is 0.834. The molecule has 3 aliphatic heterocycles. The first-order chi connectivity index (χ1) is 15.5. The summed E-state index contributed by atoms with van der Waals surface area (Å²) >= 11 is 0. The van der Waals surface area contributed by atoms with Gasteiger partial charge in [-0.2, -0.15) is 0 Å². The zero-order valence-corrected chi connectivity index (χ0v) is 18.2. The first-order valence-corrected chi connectivity index (χ1v) is 10.7. The molecule has 11 heteroatoms. The van der Waals surface area contributed by atoms with Crippen molar-refractivity contribution in [3.8, 4) is 0 Å². The van der Waals surface area contributed by atoms with Gasteiger partial charge in [-0.3, -0.25) is 4.90 Å². The van der Waals surface area contributed by atoms with Crippen LogP contribution in [0.4, 0.5) is 20.7 Å². The Morgan fingerprint density at radius 2 is 1.91 bits per heavy atom. The average molecular weight is 451 g/mol. The van der Waals surface area contributed by atoms with E-state index in [2.05, 4.69) is 5.16 Å². The average Bonchev–Trinajstić information content (AvgIpc) is 3.47. The minimum atomic E-state index is -0.730. The van der Waals surface area contributed by atoms with E-state index in [9.17, 15) is 4.79 Å². The SMILES string of the molecule is COCC1CN(c2noc3c(F)c(N4CC(C)OC(C)C4)c(C4OCCO4)cc23)C(=O)O1. The molecule has 0 saturated carbocycles. The molecule has 0 bridgehead atoms. The van der Waals surface area contributed by atoms with Gasteiger partial charge in [-0.05, 0) is 19.9 Å². The summed E-state index contributed by atoms with van der Waals surface area (Å²) in [4.78, 5) is 15.7. The highest BCUT2D eigenvalue weighted by molar-refractivity contribution is 6.00. The Morgan fingerprint density at radius 3 is 2.59 bits per heavy atom. The second kappa shape index (κ2) is 8.47. The fourth-order valence-corrected chi connectivity index (χ4v) is 4.60. The van der Waals surface area contributed by atoms with Gasteiger partial charge in [0.1, 0.15) is 6.10 Å². The van der Waals surface area contributed by atoms with Crippen molar-refractivity contribution in [1.82, 2.24) is 5.16 Å². The lowest BCUT2D eigenvalue weighted by Gasteiger charge is -2.38. The summed E-state index contributed by atoms with van der Waals surface area (Å²) in [5.74, 6) is -0.380. The van der Waals surface area contributed by atoms with Gasteiger partial charge < -0.3 is 33.1 Å². The summed E-state index contributed by atoms with van der Waals surface area (Å²) in [6.45, 7) is 6.20. The number of hydrogen-bond donors (Lipinski definition) is 0. The summed E-state index contributed by atoms with van der Waals surface area (Å²) in [7, 11) is 1.53. The zero-order chi connectivity index (χ0) is 22.4. The summed E-state index contributed by atoms with van der Waals surface area (Å²) in [6.07, 6.45) is -1.91. The van der Waals surface area contributed by atoms with Crippen LogP contribution in [0.2, 0.25) is 0 Å². The Bertz CT molecular complexity index is 999. The molecule has 5 rings (SSSR count). The number of ether oxygens (including phenoxy) is 5. The first-order valence-electron chi connectivity index (χ1n) is 10.7. The molecule has 3 fully saturated rings. The molecule has 0 aliphatic carbocycles. The number of carbonyl (C=O) groups excluding carboxylic acids is 1. The van der Waals surface area contributed by atoms with Crippen LogP contribution in [0.5, 0.6) is 0 Å². The predicted molar refractivity (Wildman–Crippen MR) is 110 cm³/mol. The Labute approximate surface area is 184 Å². The van der Waals surface area contributed by atoms with E-state index in [1.807, 2.05) is 18.7 Å². The van der Waals surface area contributed by atoms with Crippen LogP contribution >= 0.6 is 0 Å². The van der Waals surface area contributed by atoms with Gasteiger partial charge in [0.15, 0.2) is 17.9 Å². The highest BCUT2D eigenvalue weighted by Gasteiger charge is 2.38. The van der Waals surface area contributed by atoms with Crippen molar-refractivity contribution in [2.45, 2.75) is 38.4 Å². The maximum Gasteiger partial charge on any atom is 0.416 e. The molecule has 10 nitrogen and oxygen atoms in total. The molecule has 4 heterocycles. The van der Waals surface area contributed by atoms with E-state index < -0.39 is 24.3 Å². The van der Waals surface area contributed by atoms with Crippen molar-refractivity contribution in [3.05, 3.63) is 17.4 Å². The Kier molecular flexibility index (Phi) is 5.66. The minimum absolute atomic E-state index is 0.0356. The second-order valence-corrected chi connectivity index (χ2v) is 8.32. The van der Waals surface area contributed by atoms with Crippen molar-refractivity contribution < 1.29 is 37.4 Å². The van der Waals surface area contributed by atoms with Crippen LogP contribution in [0.1, 0.15) is 25.7 Å². The molecular formula is C21H26FN3O7. The molecule has 0 N–H and O–H groups in total. The van der Waals surface area contributed by atoms with Crippen molar-refractivity contribution >= 4 is 28.6 Å². The number of amides is 1. The predicted octanol–water partition coefficient (Wildman–Crippen LogP) is 2.60. The van der Waals surface area contributed by atoms with Gasteiger partial charge in [0.25, 0.3) is 0 Å². The molecule has 1 aromatic heterocycles. The molecule has 174 valence electrons. The van der Waals surface area contributed by atoms with Crippen LogP contribution in [-0.2, 0) is 23.7 Å². The first kappa shape index (κ1) is 21.4. The Balaban J connectivity index is 1.60. The number of hydrogen-bond acceptors (Lipinski definition) is 9. The highest BCUT2D eigenvalue weighted by atomic mass is 19.1. The number of cyclic esters (lactones) is 1. The summed E-state index contributed by atoms with van der Waals surface area (Å²) in [6, 6.07) is 1.73. The smallest absolute Gasteiger partial charge is 0.416 e. The monoisotopic (exact) mass is 451 g/mol. The van der Waals surface area contributed by atoms with Crippen LogP contribution < -0.4 is 9.80 Å². The number of anilines is 2. The van der Waals surface area contributed by atoms with Gasteiger partial charge in [-0.15, -0.1) is 0 Å². The number of carbonyl (C=O) groups is 1. The molecule has 3 atom stereocenters. The van der Waals surface area contributed by atoms with Gasteiger partial charge in [-0.1, -0.05) is 5.16 Å². The van der Waals surface area contributed by atoms with Crippen LogP contribution in [0.25, 0.3) is 11.0 Å². The lowest BCUT2D eigenvalue weighted by Crippen LogP contribution is -2.46. The van der Waals surface area contributed by atoms with E-state index >= 15 is 4.39 Å². The van der Waals surface area contributed by atoms with Crippen LogP contribution in [-0.4, -0.2) is 76.1 Å². The van der Waals surface area contributed by atoms with Crippen molar-refractivity contribution in [2.24, 2.45) is 0 Å². The third kappa shape index (κ3) is 3.68. The number of fused-ring (bicyclic) bond motifs is 1. The lowest BCUT2D eigenvalue weighted by molar-refractivity contribution is -0.0445. The standard InChI is InChI=1S/C21H26FN3O7/c1-11-7-24(8-12(2)30-11)17-14(20-28-4-5-29-20)6-15-18(16(17)22)32-23-19(15)25-9-13(10-27-3)31-21(25)26/h6,11-13,20H,4-5,7-10H2,1-3H3. The fraction of sp³-hybridized carbons (Fsp3) is 0.619. The lowest BCUT2D eigenvalue weighted by atomic mass is 10.0. The third-order valence-corrected chi connectivity index (χ3v) is 5.78. The number of aromatic nitrogens is 1. The topological polar surface area (TPSA) is 95.7 Å². The summed E-state index contributed by atoms with van der Waals surface area (Å²) in [5, 5.41) is 4.36. The van der Waals surface area contributed by atoms with E-state index in [4.69, 9.17) is 28.2 Å². The van der Waals surface area contributed by atoms with Crippen LogP contribution in [0.15, 0.2) is 10.6 Å². The van der Waals surface area contributed by atoms with Gasteiger partial charge in [0.2, 0.25) is 5.58 Å². The fourth-order valence-electron chi connectivity index (χ4n) is 4.60. The molecule has 1 aromatic carbocycles. The number of methoxy groups -OCH3 is 1. The molecule has 3 aliphatic rings. The molecule has 3 saturated heterocycles. The van der Waals surface area contributed by atoms with Crippen LogP contribution in [0, 0.1) is 5.82 Å². The van der Waals surface area contributed by atoms with Crippen LogP contribution in [0.3, 0.4) is 0 Å². The number of nitrogens with zero attached hydrogens (tertiary/aromatic N) is 3. The van der Waals surface area contributed by atoms with Crippen molar-refractivity contribution in [2.75, 3.05) is 56.4 Å². The van der Waals surface area contributed by atoms with Gasteiger partial charge in [0, 0.05) is 25.8 Å². The number of rotatable bonds is 5. The van der Waals surface area contributed by atoms with Gasteiger partial charge in [-0.25, -0.2) is 9.18 Å². The Hall–Kier alpha value is -2.47. The Morgan fingerprint density at radius 1 is 1.19 bits per heavy atom.